The Morgan fingerprint density at radius 3 is 2.64 bits per heavy atom. The molecular weight excluding hydrogens is 154 g/mol. The zero-order valence-electron chi connectivity index (χ0n) is 7.22. The minimum atomic E-state index is 0.982. The minimum Gasteiger partial charge on any atom is -0.246 e. The summed E-state index contributed by atoms with van der Waals surface area (Å²) in [7, 11) is 0. The van der Waals surface area contributed by atoms with Crippen LogP contribution in [0.5, 0.6) is 0 Å². The van der Waals surface area contributed by atoms with E-state index in [0.717, 1.165) is 6.42 Å². The molecule has 0 saturated carbocycles. The van der Waals surface area contributed by atoms with Gasteiger partial charge in [0.15, 0.2) is 0 Å². The first-order chi connectivity index (χ1) is 5.24. The van der Waals surface area contributed by atoms with E-state index in [1.165, 1.54) is 15.6 Å². The molecule has 0 unspecified atom stereocenters. The molecular formula is C9H13NS. The fourth-order valence-electron chi connectivity index (χ4n) is 0.845. The van der Waals surface area contributed by atoms with Crippen LogP contribution >= 0.6 is 11.3 Å². The van der Waals surface area contributed by atoms with Crippen molar-refractivity contribution in [2.75, 3.05) is 0 Å². The van der Waals surface area contributed by atoms with Crippen molar-refractivity contribution in [3.63, 3.8) is 0 Å². The van der Waals surface area contributed by atoms with E-state index in [2.05, 4.69) is 31.0 Å². The third-order valence-corrected chi connectivity index (χ3v) is 2.70. The van der Waals surface area contributed by atoms with Crippen LogP contribution in [0.2, 0.25) is 0 Å². The lowest BCUT2D eigenvalue weighted by molar-refractivity contribution is 1.12. The van der Waals surface area contributed by atoms with Gasteiger partial charge in [-0.3, -0.25) is 0 Å². The Morgan fingerprint density at radius 1 is 1.45 bits per heavy atom. The first-order valence-electron chi connectivity index (χ1n) is 3.78. The third-order valence-electron chi connectivity index (χ3n) is 1.60. The van der Waals surface area contributed by atoms with Gasteiger partial charge in [0, 0.05) is 11.3 Å². The number of allylic oxidation sites excluding steroid dienone is 2. The molecule has 0 N–H and O–H groups in total. The quantitative estimate of drug-likeness (QED) is 0.617. The molecule has 0 fully saturated rings. The van der Waals surface area contributed by atoms with Gasteiger partial charge >= 0.3 is 0 Å². The van der Waals surface area contributed by atoms with Gasteiger partial charge in [0.05, 0.1) is 10.7 Å². The zero-order chi connectivity index (χ0) is 8.27. The minimum absolute atomic E-state index is 0.982. The molecule has 1 rings (SSSR count). The van der Waals surface area contributed by atoms with E-state index in [1.807, 2.05) is 6.92 Å². The fraction of sp³-hybridized carbons (Fsp3) is 0.444. The SMILES string of the molecule is C/C=C\Cc1nc(C)c(C)s1. The Hall–Kier alpha value is -0.630. The molecule has 0 aromatic carbocycles. The summed E-state index contributed by atoms with van der Waals surface area (Å²) < 4.78 is 0. The number of hydrogen-bond donors (Lipinski definition) is 0. The van der Waals surface area contributed by atoms with E-state index in [9.17, 15) is 0 Å². The maximum absolute atomic E-state index is 4.42. The lowest BCUT2D eigenvalue weighted by Crippen LogP contribution is -1.78. The molecule has 0 saturated heterocycles. The van der Waals surface area contributed by atoms with Crippen molar-refractivity contribution in [2.45, 2.75) is 27.2 Å². The molecule has 0 radical (unpaired) electrons. The van der Waals surface area contributed by atoms with Crippen LogP contribution in [0.15, 0.2) is 12.2 Å². The van der Waals surface area contributed by atoms with Crippen molar-refractivity contribution in [2.24, 2.45) is 0 Å². The summed E-state index contributed by atoms with van der Waals surface area (Å²) >= 11 is 1.79. The maximum atomic E-state index is 4.42. The summed E-state index contributed by atoms with van der Waals surface area (Å²) in [5, 5.41) is 1.22. The summed E-state index contributed by atoms with van der Waals surface area (Å²) in [6.45, 7) is 6.21. The van der Waals surface area contributed by atoms with Gasteiger partial charge in [-0.2, -0.15) is 0 Å². The van der Waals surface area contributed by atoms with E-state index in [-0.39, 0.29) is 0 Å². The van der Waals surface area contributed by atoms with Crippen LogP contribution in [-0.4, -0.2) is 4.98 Å². The first kappa shape index (κ1) is 8.47. The van der Waals surface area contributed by atoms with Gasteiger partial charge in [0.2, 0.25) is 0 Å². The van der Waals surface area contributed by atoms with Crippen LogP contribution in [0.3, 0.4) is 0 Å². The van der Waals surface area contributed by atoms with Crippen molar-refractivity contribution < 1.29 is 0 Å². The summed E-state index contributed by atoms with van der Waals surface area (Å²) in [6, 6.07) is 0. The molecule has 0 amide bonds. The van der Waals surface area contributed by atoms with Crippen LogP contribution in [0, 0.1) is 13.8 Å². The average Bonchev–Trinajstić information content (AvgIpc) is 2.28. The van der Waals surface area contributed by atoms with Gasteiger partial charge < -0.3 is 0 Å². The number of hydrogen-bond acceptors (Lipinski definition) is 2. The molecule has 0 bridgehead atoms. The van der Waals surface area contributed by atoms with Crippen LogP contribution in [0.1, 0.15) is 22.5 Å². The van der Waals surface area contributed by atoms with E-state index in [0.29, 0.717) is 0 Å². The van der Waals surface area contributed by atoms with Crippen LogP contribution in [0.25, 0.3) is 0 Å². The highest BCUT2D eigenvalue weighted by Gasteiger charge is 2.00. The number of thiazole rings is 1. The smallest absolute Gasteiger partial charge is 0.0968 e. The Morgan fingerprint density at radius 2 is 2.18 bits per heavy atom. The van der Waals surface area contributed by atoms with Crippen molar-refractivity contribution in [1.82, 2.24) is 4.98 Å². The Balaban J connectivity index is 2.72. The monoisotopic (exact) mass is 167 g/mol. The highest BCUT2D eigenvalue weighted by molar-refractivity contribution is 7.11. The second-order valence-electron chi connectivity index (χ2n) is 2.52. The van der Waals surface area contributed by atoms with Crippen LogP contribution < -0.4 is 0 Å². The highest BCUT2D eigenvalue weighted by atomic mass is 32.1. The molecule has 0 aliphatic heterocycles. The number of rotatable bonds is 2. The van der Waals surface area contributed by atoms with E-state index < -0.39 is 0 Å². The van der Waals surface area contributed by atoms with Crippen LogP contribution in [0.4, 0.5) is 0 Å². The predicted octanol–water partition coefficient (Wildman–Crippen LogP) is 2.88. The molecule has 2 heteroatoms. The van der Waals surface area contributed by atoms with E-state index >= 15 is 0 Å². The molecule has 0 aliphatic rings. The third kappa shape index (κ3) is 2.15. The fourth-order valence-corrected chi connectivity index (χ4v) is 1.75. The van der Waals surface area contributed by atoms with Crippen molar-refractivity contribution in [3.8, 4) is 0 Å². The van der Waals surface area contributed by atoms with Gasteiger partial charge in [-0.25, -0.2) is 4.98 Å². The normalized spacial score (nSPS) is 11.2. The zero-order valence-corrected chi connectivity index (χ0v) is 8.03. The topological polar surface area (TPSA) is 12.9 Å². The second kappa shape index (κ2) is 3.67. The summed E-state index contributed by atoms with van der Waals surface area (Å²) in [5.74, 6) is 0. The van der Waals surface area contributed by atoms with Gasteiger partial charge in [-0.1, -0.05) is 12.2 Å². The van der Waals surface area contributed by atoms with Gasteiger partial charge in [0.25, 0.3) is 0 Å². The van der Waals surface area contributed by atoms with E-state index in [4.69, 9.17) is 0 Å². The highest BCUT2D eigenvalue weighted by Crippen LogP contribution is 2.16. The Bertz CT molecular complexity index is 241. The number of nitrogens with zero attached hydrogens (tertiary/aromatic N) is 1. The summed E-state index contributed by atoms with van der Waals surface area (Å²) in [5.41, 5.74) is 1.18. The molecule has 1 heterocycles. The van der Waals surface area contributed by atoms with Gasteiger partial charge in [0.1, 0.15) is 0 Å². The summed E-state index contributed by atoms with van der Waals surface area (Å²) in [4.78, 5) is 5.75. The maximum Gasteiger partial charge on any atom is 0.0968 e. The molecule has 0 spiro atoms. The molecule has 1 aromatic heterocycles. The Labute approximate surface area is 71.8 Å². The number of aromatic nitrogens is 1. The molecule has 0 atom stereocenters. The summed E-state index contributed by atoms with van der Waals surface area (Å²) in [6.07, 6.45) is 5.18. The molecule has 0 aliphatic carbocycles. The van der Waals surface area contributed by atoms with E-state index in [1.54, 1.807) is 11.3 Å². The van der Waals surface area contributed by atoms with Crippen LogP contribution in [-0.2, 0) is 6.42 Å². The first-order valence-corrected chi connectivity index (χ1v) is 4.59. The molecule has 1 nitrogen and oxygen atoms in total. The largest absolute Gasteiger partial charge is 0.246 e. The lowest BCUT2D eigenvalue weighted by atomic mass is 10.4. The average molecular weight is 167 g/mol. The van der Waals surface area contributed by atoms with Crippen molar-refractivity contribution in [3.05, 3.63) is 27.7 Å². The lowest BCUT2D eigenvalue weighted by Gasteiger charge is -1.83. The van der Waals surface area contributed by atoms with Gasteiger partial charge in [-0.05, 0) is 20.8 Å². The van der Waals surface area contributed by atoms with Gasteiger partial charge in [-0.15, -0.1) is 11.3 Å². The van der Waals surface area contributed by atoms with Crippen molar-refractivity contribution in [1.29, 1.82) is 0 Å². The number of aryl methyl sites for hydroxylation is 2. The predicted molar refractivity (Wildman–Crippen MR) is 50.1 cm³/mol. The Kier molecular flexibility index (Phi) is 2.83. The molecule has 11 heavy (non-hydrogen) atoms. The second-order valence-corrected chi connectivity index (χ2v) is 3.81. The van der Waals surface area contributed by atoms with Crippen molar-refractivity contribution >= 4 is 11.3 Å². The standard InChI is InChI=1S/C9H13NS/c1-4-5-6-9-10-7(2)8(3)11-9/h4-5H,6H2,1-3H3/b5-4-. The molecule has 60 valence electrons. The molecule has 1 aromatic rings.